The molecule has 1 heterocycles. The number of para-hydroxylation sites is 1. The van der Waals surface area contributed by atoms with Gasteiger partial charge in [-0.15, -0.1) is 0 Å². The monoisotopic (exact) mass is 245 g/mol. The lowest BCUT2D eigenvalue weighted by molar-refractivity contribution is -0.123. The fraction of sp³-hybridized carbons (Fsp3) is 0.533. The fourth-order valence-corrected chi connectivity index (χ4v) is 3.29. The van der Waals surface area contributed by atoms with Gasteiger partial charge >= 0.3 is 0 Å². The van der Waals surface area contributed by atoms with Gasteiger partial charge in [-0.25, -0.2) is 0 Å². The van der Waals surface area contributed by atoms with Crippen molar-refractivity contribution in [3.63, 3.8) is 0 Å². The van der Waals surface area contributed by atoms with Crippen LogP contribution in [0.15, 0.2) is 24.3 Å². The van der Waals surface area contributed by atoms with Crippen LogP contribution in [0, 0.1) is 0 Å². The number of amides is 1. The molecule has 1 aromatic rings. The predicted molar refractivity (Wildman–Crippen MR) is 70.6 cm³/mol. The van der Waals surface area contributed by atoms with Crippen LogP contribution in [0.2, 0.25) is 0 Å². The van der Waals surface area contributed by atoms with Gasteiger partial charge < -0.3 is 10.0 Å². The quantitative estimate of drug-likeness (QED) is 0.824. The number of carbonyl (C=O) groups excluding carboxylic acids is 1. The van der Waals surface area contributed by atoms with Crippen LogP contribution in [0.1, 0.15) is 38.7 Å². The number of aliphatic hydroxyl groups excluding tert-OH is 1. The van der Waals surface area contributed by atoms with E-state index >= 15 is 0 Å². The van der Waals surface area contributed by atoms with E-state index in [4.69, 9.17) is 0 Å². The minimum atomic E-state index is -0.473. The van der Waals surface area contributed by atoms with Crippen molar-refractivity contribution >= 4 is 11.6 Å². The third-order valence-electron chi connectivity index (χ3n) is 4.37. The Labute approximate surface area is 107 Å². The molecule has 1 aromatic carbocycles. The van der Waals surface area contributed by atoms with E-state index in [0.29, 0.717) is 0 Å². The molecule has 1 aliphatic carbocycles. The zero-order chi connectivity index (χ0) is 12.9. The molecule has 1 N–H and O–H groups in total. The number of anilines is 1. The topological polar surface area (TPSA) is 40.5 Å². The minimum absolute atomic E-state index is 0.0413. The number of fused-ring (bicyclic) bond motifs is 1. The van der Waals surface area contributed by atoms with Crippen LogP contribution in [0.25, 0.3) is 0 Å². The number of carbonyl (C=O) groups is 1. The van der Waals surface area contributed by atoms with Gasteiger partial charge in [-0.1, -0.05) is 18.2 Å². The van der Waals surface area contributed by atoms with E-state index in [-0.39, 0.29) is 18.1 Å². The van der Waals surface area contributed by atoms with Gasteiger partial charge in [0.15, 0.2) is 0 Å². The van der Waals surface area contributed by atoms with Crippen molar-refractivity contribution in [1.29, 1.82) is 0 Å². The maximum absolute atomic E-state index is 12.6. The van der Waals surface area contributed by atoms with E-state index < -0.39 is 5.41 Å². The molecule has 0 bridgehead atoms. The molecule has 3 nitrogen and oxygen atoms in total. The Balaban J connectivity index is 2.09. The first-order valence-electron chi connectivity index (χ1n) is 6.64. The molecule has 0 aromatic heterocycles. The van der Waals surface area contributed by atoms with E-state index in [9.17, 15) is 9.90 Å². The summed E-state index contributed by atoms with van der Waals surface area (Å²) in [6, 6.07) is 7.91. The molecule has 0 spiro atoms. The number of nitrogens with zero attached hydrogens (tertiary/aromatic N) is 1. The molecule has 0 saturated heterocycles. The molecule has 1 aliphatic heterocycles. The van der Waals surface area contributed by atoms with Gasteiger partial charge in [0.2, 0.25) is 5.91 Å². The molecule has 3 heteroatoms. The maximum atomic E-state index is 12.6. The van der Waals surface area contributed by atoms with Crippen LogP contribution in [0.5, 0.6) is 0 Å². The second-order valence-electron chi connectivity index (χ2n) is 5.88. The average Bonchev–Trinajstić information content (AvgIpc) is 2.83. The van der Waals surface area contributed by atoms with Gasteiger partial charge in [-0.2, -0.15) is 0 Å². The summed E-state index contributed by atoms with van der Waals surface area (Å²) in [5.41, 5.74) is 1.59. The Hall–Kier alpha value is -1.35. The maximum Gasteiger partial charge on any atom is 0.237 e. The van der Waals surface area contributed by atoms with Gasteiger partial charge in [0.1, 0.15) is 0 Å². The standard InChI is InChI=1S/C15H19NO2/c1-15(2)10-6-3-4-7-11(10)16(14(15)18)12-8-5-9-13(12)17/h3-4,6-7,12-13,17H,5,8-9H2,1-2H3/t12-,13-/m0/s1. The Morgan fingerprint density at radius 1 is 1.28 bits per heavy atom. The second kappa shape index (κ2) is 3.82. The zero-order valence-electron chi connectivity index (χ0n) is 10.9. The summed E-state index contributed by atoms with van der Waals surface area (Å²) >= 11 is 0. The Kier molecular flexibility index (Phi) is 2.49. The number of rotatable bonds is 1. The predicted octanol–water partition coefficient (Wildman–Crippen LogP) is 2.22. The second-order valence-corrected chi connectivity index (χ2v) is 5.88. The molecular weight excluding hydrogens is 226 g/mol. The van der Waals surface area contributed by atoms with E-state index in [2.05, 4.69) is 0 Å². The third kappa shape index (κ3) is 1.43. The first kappa shape index (κ1) is 11.7. The lowest BCUT2D eigenvalue weighted by Gasteiger charge is -2.29. The summed E-state index contributed by atoms with van der Waals surface area (Å²) in [5.74, 6) is 0.120. The van der Waals surface area contributed by atoms with Crippen LogP contribution in [0.4, 0.5) is 5.69 Å². The highest BCUT2D eigenvalue weighted by molar-refractivity contribution is 6.08. The van der Waals surface area contributed by atoms with E-state index in [1.54, 1.807) is 0 Å². The molecule has 1 saturated carbocycles. The van der Waals surface area contributed by atoms with Crippen molar-refractivity contribution in [2.24, 2.45) is 0 Å². The van der Waals surface area contributed by atoms with Gasteiger partial charge in [-0.3, -0.25) is 4.79 Å². The summed E-state index contributed by atoms with van der Waals surface area (Å²) in [6.07, 6.45) is 2.32. The van der Waals surface area contributed by atoms with Gasteiger partial charge in [0.25, 0.3) is 0 Å². The Morgan fingerprint density at radius 3 is 2.67 bits per heavy atom. The van der Waals surface area contributed by atoms with Gasteiger partial charge in [0, 0.05) is 5.69 Å². The highest BCUT2D eigenvalue weighted by Gasteiger charge is 2.48. The summed E-state index contributed by atoms with van der Waals surface area (Å²) in [5, 5.41) is 10.1. The molecule has 1 amide bonds. The van der Waals surface area contributed by atoms with E-state index in [1.807, 2.05) is 43.0 Å². The fourth-order valence-electron chi connectivity index (χ4n) is 3.29. The van der Waals surface area contributed by atoms with Crippen LogP contribution in [-0.4, -0.2) is 23.2 Å². The third-order valence-corrected chi connectivity index (χ3v) is 4.37. The van der Waals surface area contributed by atoms with Crippen molar-refractivity contribution in [2.45, 2.75) is 50.7 Å². The summed E-state index contributed by atoms with van der Waals surface area (Å²) in [4.78, 5) is 14.5. The number of benzene rings is 1. The summed E-state index contributed by atoms with van der Waals surface area (Å²) in [7, 11) is 0. The van der Waals surface area contributed by atoms with Crippen molar-refractivity contribution in [3.05, 3.63) is 29.8 Å². The minimum Gasteiger partial charge on any atom is -0.391 e. The summed E-state index contributed by atoms with van der Waals surface area (Å²) < 4.78 is 0. The Morgan fingerprint density at radius 2 is 2.00 bits per heavy atom. The lowest BCUT2D eigenvalue weighted by Crippen LogP contribution is -2.46. The molecule has 1 fully saturated rings. The largest absolute Gasteiger partial charge is 0.391 e. The first-order valence-corrected chi connectivity index (χ1v) is 6.64. The van der Waals surface area contributed by atoms with Crippen LogP contribution in [-0.2, 0) is 10.2 Å². The molecule has 18 heavy (non-hydrogen) atoms. The SMILES string of the molecule is CC1(C)C(=O)N([C@H]2CCC[C@@H]2O)c2ccccc21. The molecule has 96 valence electrons. The van der Waals surface area contributed by atoms with Crippen LogP contribution >= 0.6 is 0 Å². The summed E-state index contributed by atoms with van der Waals surface area (Å²) in [6.45, 7) is 3.94. The smallest absolute Gasteiger partial charge is 0.237 e. The molecule has 2 aliphatic rings. The molecule has 0 unspecified atom stereocenters. The lowest BCUT2D eigenvalue weighted by atomic mass is 9.86. The van der Waals surface area contributed by atoms with Crippen LogP contribution in [0.3, 0.4) is 0 Å². The number of hydrogen-bond acceptors (Lipinski definition) is 2. The normalized spacial score (nSPS) is 29.7. The van der Waals surface area contributed by atoms with Crippen molar-refractivity contribution in [2.75, 3.05) is 4.90 Å². The molecule has 3 rings (SSSR count). The van der Waals surface area contributed by atoms with Crippen LogP contribution < -0.4 is 4.90 Å². The van der Waals surface area contributed by atoms with Crippen molar-refractivity contribution in [1.82, 2.24) is 0 Å². The number of aliphatic hydroxyl groups is 1. The Bertz CT molecular complexity index is 495. The van der Waals surface area contributed by atoms with E-state index in [0.717, 1.165) is 30.5 Å². The highest BCUT2D eigenvalue weighted by Crippen LogP contribution is 2.44. The number of hydrogen-bond donors (Lipinski definition) is 1. The highest BCUT2D eigenvalue weighted by atomic mass is 16.3. The van der Waals surface area contributed by atoms with Crippen molar-refractivity contribution < 1.29 is 9.90 Å². The van der Waals surface area contributed by atoms with Gasteiger partial charge in [-0.05, 0) is 44.7 Å². The van der Waals surface area contributed by atoms with Gasteiger partial charge in [0.05, 0.1) is 17.6 Å². The molecule has 0 radical (unpaired) electrons. The molecule has 2 atom stereocenters. The van der Waals surface area contributed by atoms with Crippen molar-refractivity contribution in [3.8, 4) is 0 Å². The molecular formula is C15H19NO2. The first-order chi connectivity index (χ1) is 8.53. The van der Waals surface area contributed by atoms with E-state index in [1.165, 1.54) is 0 Å². The zero-order valence-corrected chi connectivity index (χ0v) is 10.9. The average molecular weight is 245 g/mol.